The van der Waals surface area contributed by atoms with Gasteiger partial charge in [-0.2, -0.15) is 0 Å². The molecule has 1 amide bonds. The Morgan fingerprint density at radius 2 is 2.06 bits per heavy atom. The van der Waals surface area contributed by atoms with Gasteiger partial charge in [-0.1, -0.05) is 25.2 Å². The van der Waals surface area contributed by atoms with E-state index in [9.17, 15) is 9.59 Å². The van der Waals surface area contributed by atoms with Crippen LogP contribution in [0.4, 0.5) is 5.13 Å². The summed E-state index contributed by atoms with van der Waals surface area (Å²) in [6.07, 6.45) is 1.00. The summed E-state index contributed by atoms with van der Waals surface area (Å²) >= 11 is 1.36. The first-order valence-electron chi connectivity index (χ1n) is 5.70. The largest absolute Gasteiger partial charge is 0.469 e. The molecule has 0 aliphatic rings. The summed E-state index contributed by atoms with van der Waals surface area (Å²) in [6.45, 7) is 4.19. The molecular formula is C11H17N3O3S. The monoisotopic (exact) mass is 271 g/mol. The molecule has 7 heteroatoms. The third-order valence-electron chi connectivity index (χ3n) is 2.08. The molecule has 1 aromatic heterocycles. The number of hydrogen-bond donors (Lipinski definition) is 1. The van der Waals surface area contributed by atoms with Gasteiger partial charge in [-0.25, -0.2) is 0 Å². The lowest BCUT2D eigenvalue weighted by molar-refractivity contribution is -0.141. The minimum atomic E-state index is -0.400. The number of methoxy groups -OCH3 is 1. The van der Waals surface area contributed by atoms with Gasteiger partial charge in [0, 0.05) is 12.8 Å². The van der Waals surface area contributed by atoms with Crippen LogP contribution >= 0.6 is 11.3 Å². The third kappa shape index (κ3) is 5.22. The number of ether oxygens (including phenoxy) is 1. The van der Waals surface area contributed by atoms with E-state index in [2.05, 4.69) is 34.1 Å². The van der Waals surface area contributed by atoms with Crippen LogP contribution in [0.1, 0.15) is 31.7 Å². The molecule has 0 radical (unpaired) electrons. The first kappa shape index (κ1) is 14.6. The predicted octanol–water partition coefficient (Wildman–Crippen LogP) is 1.63. The van der Waals surface area contributed by atoms with Crippen molar-refractivity contribution in [3.63, 3.8) is 0 Å². The highest BCUT2D eigenvalue weighted by atomic mass is 32.1. The lowest BCUT2D eigenvalue weighted by atomic mass is 10.1. The van der Waals surface area contributed by atoms with Gasteiger partial charge in [0.2, 0.25) is 11.0 Å². The van der Waals surface area contributed by atoms with Gasteiger partial charge < -0.3 is 10.1 Å². The molecule has 0 saturated heterocycles. The SMILES string of the molecule is COC(=O)CCC(=O)Nc1nnc(CC(C)C)s1. The zero-order valence-electron chi connectivity index (χ0n) is 10.7. The Balaban J connectivity index is 2.40. The van der Waals surface area contributed by atoms with Crippen molar-refractivity contribution in [2.75, 3.05) is 12.4 Å². The van der Waals surface area contributed by atoms with Gasteiger partial charge in [0.25, 0.3) is 0 Å². The van der Waals surface area contributed by atoms with Crippen LogP contribution in [0.25, 0.3) is 0 Å². The van der Waals surface area contributed by atoms with Crippen molar-refractivity contribution in [1.29, 1.82) is 0 Å². The second-order valence-corrected chi connectivity index (χ2v) is 5.29. The fraction of sp³-hybridized carbons (Fsp3) is 0.636. The van der Waals surface area contributed by atoms with E-state index in [1.54, 1.807) is 0 Å². The molecule has 0 aliphatic heterocycles. The highest BCUT2D eigenvalue weighted by Crippen LogP contribution is 2.18. The molecule has 6 nitrogen and oxygen atoms in total. The van der Waals surface area contributed by atoms with Crippen molar-refractivity contribution in [3.8, 4) is 0 Å². The lowest BCUT2D eigenvalue weighted by Gasteiger charge is -2.00. The van der Waals surface area contributed by atoms with Gasteiger partial charge >= 0.3 is 5.97 Å². The van der Waals surface area contributed by atoms with E-state index in [-0.39, 0.29) is 18.7 Å². The van der Waals surface area contributed by atoms with Crippen LogP contribution in [0.3, 0.4) is 0 Å². The lowest BCUT2D eigenvalue weighted by Crippen LogP contribution is -2.13. The van der Waals surface area contributed by atoms with Gasteiger partial charge in [-0.15, -0.1) is 10.2 Å². The molecule has 1 heterocycles. The number of esters is 1. The Labute approximate surface area is 110 Å². The number of carbonyl (C=O) groups excluding carboxylic acids is 2. The van der Waals surface area contributed by atoms with Crippen LogP contribution in [0.5, 0.6) is 0 Å². The van der Waals surface area contributed by atoms with E-state index < -0.39 is 5.97 Å². The summed E-state index contributed by atoms with van der Waals surface area (Å²) in [7, 11) is 1.29. The number of carbonyl (C=O) groups is 2. The third-order valence-corrected chi connectivity index (χ3v) is 2.94. The van der Waals surface area contributed by atoms with E-state index in [0.29, 0.717) is 11.0 Å². The van der Waals surface area contributed by atoms with Crippen molar-refractivity contribution in [2.45, 2.75) is 33.1 Å². The Bertz CT molecular complexity index is 417. The summed E-state index contributed by atoms with van der Waals surface area (Å²) < 4.78 is 4.45. The zero-order valence-corrected chi connectivity index (χ0v) is 11.5. The number of amides is 1. The quantitative estimate of drug-likeness (QED) is 0.795. The van der Waals surface area contributed by atoms with Crippen molar-refractivity contribution >= 4 is 28.3 Å². The molecule has 0 saturated carbocycles. The molecule has 0 aliphatic carbocycles. The molecule has 0 fully saturated rings. The Morgan fingerprint density at radius 1 is 1.33 bits per heavy atom. The van der Waals surface area contributed by atoms with Crippen LogP contribution < -0.4 is 5.32 Å². The van der Waals surface area contributed by atoms with Gasteiger partial charge in [0.05, 0.1) is 13.5 Å². The number of nitrogens with one attached hydrogen (secondary N) is 1. The van der Waals surface area contributed by atoms with Crippen LogP contribution in [0, 0.1) is 5.92 Å². The molecule has 1 aromatic rings. The Kier molecular flexibility index (Phi) is 5.70. The maximum absolute atomic E-state index is 11.5. The standard InChI is InChI=1S/C11H17N3O3S/c1-7(2)6-9-13-14-11(18-9)12-8(15)4-5-10(16)17-3/h7H,4-6H2,1-3H3,(H,12,14,15). The minimum Gasteiger partial charge on any atom is -0.469 e. The molecule has 1 N–H and O–H groups in total. The number of anilines is 1. The normalized spacial score (nSPS) is 10.4. The first-order valence-corrected chi connectivity index (χ1v) is 6.52. The number of aromatic nitrogens is 2. The molecule has 100 valence electrons. The van der Waals surface area contributed by atoms with E-state index >= 15 is 0 Å². The Hall–Kier alpha value is -1.50. The highest BCUT2D eigenvalue weighted by Gasteiger charge is 2.11. The van der Waals surface area contributed by atoms with Gasteiger partial charge in [0.15, 0.2) is 0 Å². The summed E-state index contributed by atoms with van der Waals surface area (Å²) in [4.78, 5) is 22.4. The van der Waals surface area contributed by atoms with E-state index in [1.165, 1.54) is 18.4 Å². The number of hydrogen-bond acceptors (Lipinski definition) is 6. The van der Waals surface area contributed by atoms with Crippen LogP contribution in [-0.2, 0) is 20.7 Å². The van der Waals surface area contributed by atoms with E-state index in [1.807, 2.05) is 0 Å². The van der Waals surface area contributed by atoms with Gasteiger partial charge in [-0.3, -0.25) is 9.59 Å². The fourth-order valence-electron chi connectivity index (χ4n) is 1.24. The van der Waals surface area contributed by atoms with Crippen molar-refractivity contribution in [1.82, 2.24) is 10.2 Å². The molecular weight excluding hydrogens is 254 g/mol. The van der Waals surface area contributed by atoms with Crippen molar-refractivity contribution in [2.24, 2.45) is 5.92 Å². The average Bonchev–Trinajstić information content (AvgIpc) is 2.72. The summed E-state index contributed by atoms with van der Waals surface area (Å²) in [5, 5.41) is 11.8. The number of nitrogens with zero attached hydrogens (tertiary/aromatic N) is 2. The number of rotatable bonds is 6. The van der Waals surface area contributed by atoms with Crippen LogP contribution in [0.15, 0.2) is 0 Å². The zero-order chi connectivity index (χ0) is 13.5. The minimum absolute atomic E-state index is 0.0694. The van der Waals surface area contributed by atoms with Gasteiger partial charge in [0.1, 0.15) is 5.01 Å². The average molecular weight is 271 g/mol. The molecule has 18 heavy (non-hydrogen) atoms. The van der Waals surface area contributed by atoms with Crippen LogP contribution in [0.2, 0.25) is 0 Å². The van der Waals surface area contributed by atoms with E-state index in [4.69, 9.17) is 0 Å². The molecule has 0 bridgehead atoms. The van der Waals surface area contributed by atoms with E-state index in [0.717, 1.165) is 11.4 Å². The van der Waals surface area contributed by atoms with Crippen LogP contribution in [-0.4, -0.2) is 29.2 Å². The molecule has 0 atom stereocenters. The molecule has 1 rings (SSSR count). The molecule has 0 aromatic carbocycles. The Morgan fingerprint density at radius 3 is 2.67 bits per heavy atom. The first-order chi connectivity index (χ1) is 8.51. The predicted molar refractivity (Wildman–Crippen MR) is 68.3 cm³/mol. The maximum atomic E-state index is 11.5. The second kappa shape index (κ2) is 7.05. The summed E-state index contributed by atoms with van der Waals surface area (Å²) in [5.41, 5.74) is 0. The fourth-order valence-corrected chi connectivity index (χ4v) is 2.20. The smallest absolute Gasteiger partial charge is 0.306 e. The van der Waals surface area contributed by atoms with Gasteiger partial charge in [-0.05, 0) is 5.92 Å². The summed E-state index contributed by atoms with van der Waals surface area (Å²) in [6, 6.07) is 0. The second-order valence-electron chi connectivity index (χ2n) is 4.22. The van der Waals surface area contributed by atoms with Crippen molar-refractivity contribution < 1.29 is 14.3 Å². The van der Waals surface area contributed by atoms with Crippen molar-refractivity contribution in [3.05, 3.63) is 5.01 Å². The highest BCUT2D eigenvalue weighted by molar-refractivity contribution is 7.15. The topological polar surface area (TPSA) is 81.2 Å². The molecule has 0 spiro atoms. The molecule has 0 unspecified atom stereocenters. The maximum Gasteiger partial charge on any atom is 0.306 e. The summed E-state index contributed by atoms with van der Waals surface area (Å²) in [5.74, 6) is -0.156.